The van der Waals surface area contributed by atoms with E-state index in [1.807, 2.05) is 30.3 Å². The van der Waals surface area contributed by atoms with Crippen LogP contribution in [0.15, 0.2) is 53.9 Å². The fourth-order valence-corrected chi connectivity index (χ4v) is 5.39. The number of fused-ring (bicyclic) bond motifs is 1. The van der Waals surface area contributed by atoms with E-state index in [9.17, 15) is 23.1 Å². The first-order chi connectivity index (χ1) is 17.3. The van der Waals surface area contributed by atoms with Crippen LogP contribution in [-0.4, -0.2) is 44.2 Å². The summed E-state index contributed by atoms with van der Waals surface area (Å²) in [5.74, 6) is -0.937. The molecule has 1 N–H and O–H groups in total. The van der Waals surface area contributed by atoms with Gasteiger partial charge < -0.3 is 19.3 Å². The molecule has 0 saturated carbocycles. The maximum atomic E-state index is 13.4. The summed E-state index contributed by atoms with van der Waals surface area (Å²) in [5.41, 5.74) is 1.74. The molecule has 0 fully saturated rings. The minimum absolute atomic E-state index is 0.0127. The van der Waals surface area contributed by atoms with Crippen LogP contribution in [0, 0.1) is 0 Å². The molecule has 3 amide bonds. The zero-order chi connectivity index (χ0) is 25.8. The summed E-state index contributed by atoms with van der Waals surface area (Å²) in [4.78, 5) is 39.3. The van der Waals surface area contributed by atoms with Gasteiger partial charge in [-0.25, -0.2) is 0 Å². The van der Waals surface area contributed by atoms with E-state index in [0.29, 0.717) is 17.1 Å². The molecule has 1 aromatic heterocycles. The molecule has 36 heavy (non-hydrogen) atoms. The number of ether oxygens (including phenoxy) is 2. The first-order valence-electron chi connectivity index (χ1n) is 11.0. The van der Waals surface area contributed by atoms with E-state index in [1.54, 1.807) is 18.2 Å². The molecule has 0 saturated heterocycles. The van der Waals surface area contributed by atoms with Crippen LogP contribution in [0.2, 0.25) is 0 Å². The third kappa shape index (κ3) is 5.32. The highest BCUT2D eigenvalue weighted by Gasteiger charge is 2.43. The molecular weight excluding hydrogens is 504 g/mol. The Hall–Kier alpha value is -3.54. The van der Waals surface area contributed by atoms with Gasteiger partial charge in [-0.1, -0.05) is 47.5 Å². The SMILES string of the molecule is COc1ccc(C(CCS(=O)[O-])N2C(=O)c3csc(NC(C)=O)c3C2=O)cc1OCc1ccccc1. The average molecular weight is 528 g/mol. The van der Waals surface area contributed by atoms with Crippen molar-refractivity contribution in [2.24, 2.45) is 0 Å². The third-order valence-corrected chi connectivity index (χ3v) is 7.11. The van der Waals surface area contributed by atoms with Gasteiger partial charge in [0.25, 0.3) is 11.8 Å². The second-order valence-corrected chi connectivity index (χ2v) is 9.91. The number of hydrogen-bond acceptors (Lipinski definition) is 8. The van der Waals surface area contributed by atoms with Crippen LogP contribution in [0.3, 0.4) is 0 Å². The molecule has 0 spiro atoms. The van der Waals surface area contributed by atoms with Crippen molar-refractivity contribution in [3.05, 3.63) is 76.2 Å². The number of carbonyl (C=O) groups excluding carboxylic acids is 3. The van der Waals surface area contributed by atoms with Gasteiger partial charge in [0.05, 0.1) is 24.3 Å². The smallest absolute Gasteiger partial charge is 0.265 e. The number of carbonyl (C=O) groups is 3. The number of methoxy groups -OCH3 is 1. The van der Waals surface area contributed by atoms with Gasteiger partial charge in [-0.2, -0.15) is 0 Å². The van der Waals surface area contributed by atoms with E-state index in [1.165, 1.54) is 19.4 Å². The summed E-state index contributed by atoms with van der Waals surface area (Å²) in [5, 5.41) is 4.39. The topological polar surface area (TPSA) is 125 Å². The summed E-state index contributed by atoms with van der Waals surface area (Å²) in [6, 6.07) is 13.6. The Labute approximate surface area is 214 Å². The molecule has 1 aliphatic rings. The van der Waals surface area contributed by atoms with Gasteiger partial charge in [0.1, 0.15) is 11.6 Å². The number of nitrogens with zero attached hydrogens (tertiary/aromatic N) is 1. The molecule has 9 nitrogen and oxygen atoms in total. The standard InChI is InChI=1S/C25H24N2O7S2/c1-15(28)26-23-22-18(14-35-23)24(29)27(25(22)30)19(10-11-36(31)32)17-8-9-20(33-2)21(12-17)34-13-16-6-4-3-5-7-16/h3-9,12,14,19H,10-11,13H2,1-2H3,(H,26,28)(H,31,32)/p-1. The maximum Gasteiger partial charge on any atom is 0.265 e. The van der Waals surface area contributed by atoms with Crippen LogP contribution in [-0.2, 0) is 22.5 Å². The molecule has 3 aromatic rings. The molecule has 2 heterocycles. The monoisotopic (exact) mass is 527 g/mol. The molecule has 4 rings (SSSR count). The molecular formula is C25H23N2O7S2-. The van der Waals surface area contributed by atoms with E-state index in [-0.39, 0.29) is 40.8 Å². The lowest BCUT2D eigenvalue weighted by molar-refractivity contribution is -0.114. The zero-order valence-corrected chi connectivity index (χ0v) is 21.1. The number of benzene rings is 2. The Kier molecular flexibility index (Phi) is 7.82. The molecule has 1 aliphatic heterocycles. The van der Waals surface area contributed by atoms with E-state index in [0.717, 1.165) is 21.8 Å². The highest BCUT2D eigenvalue weighted by atomic mass is 32.2. The van der Waals surface area contributed by atoms with Crippen LogP contribution < -0.4 is 14.8 Å². The van der Waals surface area contributed by atoms with Gasteiger partial charge in [-0.15, -0.1) is 11.3 Å². The second-order valence-electron chi connectivity index (χ2n) is 8.01. The molecule has 11 heteroatoms. The third-order valence-electron chi connectivity index (χ3n) is 5.64. The minimum atomic E-state index is -2.39. The van der Waals surface area contributed by atoms with Gasteiger partial charge in [0.15, 0.2) is 11.5 Å². The van der Waals surface area contributed by atoms with Gasteiger partial charge in [0, 0.05) is 18.1 Å². The number of rotatable bonds is 10. The number of thiophene rings is 1. The molecule has 0 radical (unpaired) electrons. The van der Waals surface area contributed by atoms with Crippen molar-refractivity contribution in [1.82, 2.24) is 4.90 Å². The zero-order valence-electron chi connectivity index (χ0n) is 19.5. The quantitative estimate of drug-likeness (QED) is 0.313. The first kappa shape index (κ1) is 25.5. The normalized spacial score (nSPS) is 14.4. The highest BCUT2D eigenvalue weighted by molar-refractivity contribution is 7.79. The molecule has 0 bridgehead atoms. The lowest BCUT2D eigenvalue weighted by Crippen LogP contribution is -2.35. The summed E-state index contributed by atoms with van der Waals surface area (Å²) in [7, 11) is 1.50. The van der Waals surface area contributed by atoms with E-state index >= 15 is 0 Å². The Morgan fingerprint density at radius 2 is 1.89 bits per heavy atom. The molecule has 188 valence electrons. The van der Waals surface area contributed by atoms with Gasteiger partial charge in [0.2, 0.25) is 5.91 Å². The predicted octanol–water partition coefficient (Wildman–Crippen LogP) is 3.90. The Balaban J connectivity index is 1.68. The van der Waals surface area contributed by atoms with Gasteiger partial charge in [-0.05, 0) is 29.7 Å². The molecule has 2 atom stereocenters. The van der Waals surface area contributed by atoms with Crippen molar-refractivity contribution < 1.29 is 32.6 Å². The maximum absolute atomic E-state index is 13.4. The highest BCUT2D eigenvalue weighted by Crippen LogP contribution is 2.41. The fourth-order valence-electron chi connectivity index (χ4n) is 4.01. The number of amides is 3. The van der Waals surface area contributed by atoms with Crippen LogP contribution in [0.25, 0.3) is 0 Å². The molecule has 2 unspecified atom stereocenters. The Morgan fingerprint density at radius 1 is 1.14 bits per heavy atom. The number of anilines is 1. The van der Waals surface area contributed by atoms with Crippen LogP contribution in [0.1, 0.15) is 51.2 Å². The first-order valence-corrected chi connectivity index (χ1v) is 13.1. The predicted molar refractivity (Wildman–Crippen MR) is 134 cm³/mol. The Bertz CT molecular complexity index is 1320. The number of imide groups is 1. The van der Waals surface area contributed by atoms with Crippen molar-refractivity contribution in [1.29, 1.82) is 0 Å². The Morgan fingerprint density at radius 3 is 2.56 bits per heavy atom. The van der Waals surface area contributed by atoms with E-state index in [4.69, 9.17) is 9.47 Å². The fraction of sp³-hybridized carbons (Fsp3) is 0.240. The van der Waals surface area contributed by atoms with Gasteiger partial charge >= 0.3 is 0 Å². The lowest BCUT2D eigenvalue weighted by atomic mass is 10.0. The van der Waals surface area contributed by atoms with E-state index < -0.39 is 28.9 Å². The van der Waals surface area contributed by atoms with Crippen molar-refractivity contribution in [2.75, 3.05) is 18.2 Å². The van der Waals surface area contributed by atoms with Crippen LogP contribution in [0.5, 0.6) is 11.5 Å². The van der Waals surface area contributed by atoms with Gasteiger partial charge in [-0.3, -0.25) is 23.5 Å². The van der Waals surface area contributed by atoms with E-state index in [2.05, 4.69) is 5.32 Å². The van der Waals surface area contributed by atoms with Crippen molar-refractivity contribution >= 4 is 45.1 Å². The van der Waals surface area contributed by atoms with Crippen molar-refractivity contribution in [2.45, 2.75) is 26.0 Å². The largest absolute Gasteiger partial charge is 0.772 e. The summed E-state index contributed by atoms with van der Waals surface area (Å²) in [6.45, 7) is 1.57. The van der Waals surface area contributed by atoms with Crippen molar-refractivity contribution in [3.8, 4) is 11.5 Å². The minimum Gasteiger partial charge on any atom is -0.772 e. The molecule has 2 aromatic carbocycles. The van der Waals surface area contributed by atoms with Crippen molar-refractivity contribution in [3.63, 3.8) is 0 Å². The number of hydrogen-bond donors (Lipinski definition) is 1. The summed E-state index contributed by atoms with van der Waals surface area (Å²) >= 11 is -1.29. The second kappa shape index (κ2) is 11.0. The average Bonchev–Trinajstić information content (AvgIpc) is 3.37. The lowest BCUT2D eigenvalue weighted by Gasteiger charge is -2.28. The van der Waals surface area contributed by atoms with Crippen LogP contribution >= 0.6 is 11.3 Å². The van der Waals surface area contributed by atoms with Crippen LogP contribution in [0.4, 0.5) is 5.00 Å². The number of nitrogens with one attached hydrogen (secondary N) is 1. The molecule has 0 aliphatic carbocycles. The summed E-state index contributed by atoms with van der Waals surface area (Å²) in [6.07, 6.45) is -0.0127. The summed E-state index contributed by atoms with van der Waals surface area (Å²) < 4.78 is 34.2.